The Morgan fingerprint density at radius 1 is 1.20 bits per heavy atom. The van der Waals surface area contributed by atoms with E-state index in [1.54, 1.807) is 0 Å². The van der Waals surface area contributed by atoms with Gasteiger partial charge in [0.25, 0.3) is 0 Å². The first-order valence-corrected chi connectivity index (χ1v) is 7.86. The molecule has 118 valence electrons. The van der Waals surface area contributed by atoms with Crippen LogP contribution in [-0.2, 0) is 9.53 Å². The van der Waals surface area contributed by atoms with E-state index < -0.39 is 0 Å². The highest BCUT2D eigenvalue weighted by atomic mass is 16.5. The molecule has 5 nitrogen and oxygen atoms in total. The molecule has 0 aliphatic carbocycles. The van der Waals surface area contributed by atoms with E-state index in [9.17, 15) is 4.79 Å². The van der Waals surface area contributed by atoms with E-state index >= 15 is 0 Å². The van der Waals surface area contributed by atoms with E-state index in [0.717, 1.165) is 45.6 Å². The summed E-state index contributed by atoms with van der Waals surface area (Å²) in [6.07, 6.45) is 4.80. The molecular weight excluding hydrogens is 254 g/mol. The van der Waals surface area contributed by atoms with Gasteiger partial charge in [-0.1, -0.05) is 12.8 Å². The average Bonchev–Trinajstić information content (AvgIpc) is 2.70. The second-order valence-electron chi connectivity index (χ2n) is 5.83. The lowest BCUT2D eigenvalue weighted by atomic mass is 10.2. The van der Waals surface area contributed by atoms with Gasteiger partial charge in [0.15, 0.2) is 0 Å². The lowest BCUT2D eigenvalue weighted by molar-refractivity contribution is -0.133. The topological polar surface area (TPSA) is 44.8 Å². The fraction of sp³-hybridized carbons (Fsp3) is 0.933. The molecule has 0 saturated carbocycles. The van der Waals surface area contributed by atoms with E-state index in [-0.39, 0.29) is 11.9 Å². The SMILES string of the molecule is CC(NCCOCCN(C)C)C(=O)N1CCCCCC1. The molecule has 1 saturated heterocycles. The number of amides is 1. The molecule has 1 atom stereocenters. The van der Waals surface area contributed by atoms with Gasteiger partial charge in [-0.05, 0) is 33.9 Å². The lowest BCUT2D eigenvalue weighted by Crippen LogP contribution is -2.46. The quantitative estimate of drug-likeness (QED) is 0.674. The van der Waals surface area contributed by atoms with Gasteiger partial charge in [-0.2, -0.15) is 0 Å². The van der Waals surface area contributed by atoms with Gasteiger partial charge in [0.05, 0.1) is 19.3 Å². The molecule has 20 heavy (non-hydrogen) atoms. The van der Waals surface area contributed by atoms with Crippen molar-refractivity contribution in [2.75, 3.05) is 53.5 Å². The first-order chi connectivity index (χ1) is 9.61. The molecule has 1 fully saturated rings. The Labute approximate surface area is 123 Å². The normalized spacial score (nSPS) is 18.1. The highest BCUT2D eigenvalue weighted by Gasteiger charge is 2.20. The van der Waals surface area contributed by atoms with Crippen molar-refractivity contribution in [2.24, 2.45) is 0 Å². The van der Waals surface area contributed by atoms with Gasteiger partial charge < -0.3 is 19.9 Å². The van der Waals surface area contributed by atoms with Gasteiger partial charge in [-0.25, -0.2) is 0 Å². The summed E-state index contributed by atoms with van der Waals surface area (Å²) in [5.74, 6) is 0.236. The van der Waals surface area contributed by atoms with Crippen LogP contribution < -0.4 is 5.32 Å². The minimum absolute atomic E-state index is 0.106. The second-order valence-corrected chi connectivity index (χ2v) is 5.83. The molecule has 1 amide bonds. The smallest absolute Gasteiger partial charge is 0.239 e. The number of ether oxygens (including phenoxy) is 1. The number of hydrogen-bond donors (Lipinski definition) is 1. The predicted octanol–water partition coefficient (Wildman–Crippen LogP) is 0.945. The minimum atomic E-state index is -0.106. The van der Waals surface area contributed by atoms with Crippen LogP contribution in [-0.4, -0.2) is 75.2 Å². The molecule has 0 aromatic rings. The van der Waals surface area contributed by atoms with Crippen molar-refractivity contribution in [3.05, 3.63) is 0 Å². The van der Waals surface area contributed by atoms with Crippen molar-refractivity contribution < 1.29 is 9.53 Å². The molecule has 1 rings (SSSR count). The van der Waals surface area contributed by atoms with Crippen molar-refractivity contribution in [3.63, 3.8) is 0 Å². The Morgan fingerprint density at radius 2 is 1.85 bits per heavy atom. The predicted molar refractivity (Wildman–Crippen MR) is 81.9 cm³/mol. The van der Waals surface area contributed by atoms with Crippen LogP contribution in [0.4, 0.5) is 0 Å². The molecular formula is C15H31N3O2. The molecule has 0 bridgehead atoms. The third kappa shape index (κ3) is 7.22. The molecule has 5 heteroatoms. The Morgan fingerprint density at radius 3 is 2.45 bits per heavy atom. The molecule has 1 N–H and O–H groups in total. The molecule has 0 radical (unpaired) electrons. The summed E-state index contributed by atoms with van der Waals surface area (Å²) in [5, 5.41) is 3.26. The molecule has 0 spiro atoms. The second kappa shape index (κ2) is 10.1. The van der Waals surface area contributed by atoms with Gasteiger partial charge in [0.1, 0.15) is 0 Å². The molecule has 1 aliphatic heterocycles. The summed E-state index contributed by atoms with van der Waals surface area (Å²) >= 11 is 0. The molecule has 1 aliphatic rings. The van der Waals surface area contributed by atoms with Crippen molar-refractivity contribution in [2.45, 2.75) is 38.6 Å². The van der Waals surface area contributed by atoms with Crippen LogP contribution in [0, 0.1) is 0 Å². The van der Waals surface area contributed by atoms with Crippen LogP contribution in [0.25, 0.3) is 0 Å². The number of likely N-dealkylation sites (N-methyl/N-ethyl adjacent to an activating group) is 1. The molecule has 1 unspecified atom stereocenters. The minimum Gasteiger partial charge on any atom is -0.379 e. The summed E-state index contributed by atoms with van der Waals surface area (Å²) in [4.78, 5) is 16.4. The molecule has 0 aromatic heterocycles. The fourth-order valence-electron chi connectivity index (χ4n) is 2.35. The summed E-state index contributed by atoms with van der Waals surface area (Å²) in [6, 6.07) is -0.106. The van der Waals surface area contributed by atoms with Crippen molar-refractivity contribution in [1.29, 1.82) is 0 Å². The summed E-state index contributed by atoms with van der Waals surface area (Å²) in [7, 11) is 4.06. The maximum atomic E-state index is 12.3. The third-order valence-electron chi connectivity index (χ3n) is 3.67. The zero-order valence-electron chi connectivity index (χ0n) is 13.4. The fourth-order valence-corrected chi connectivity index (χ4v) is 2.35. The zero-order valence-corrected chi connectivity index (χ0v) is 13.4. The third-order valence-corrected chi connectivity index (χ3v) is 3.67. The summed E-state index contributed by atoms with van der Waals surface area (Å²) < 4.78 is 5.51. The highest BCUT2D eigenvalue weighted by molar-refractivity contribution is 5.81. The van der Waals surface area contributed by atoms with Crippen LogP contribution in [0.1, 0.15) is 32.6 Å². The van der Waals surface area contributed by atoms with Crippen molar-refractivity contribution >= 4 is 5.91 Å². The van der Waals surface area contributed by atoms with E-state index in [0.29, 0.717) is 6.61 Å². The number of hydrogen-bond acceptors (Lipinski definition) is 4. The first kappa shape index (κ1) is 17.4. The number of carbonyl (C=O) groups is 1. The Balaban J connectivity index is 2.11. The van der Waals surface area contributed by atoms with E-state index in [1.807, 2.05) is 25.9 Å². The van der Waals surface area contributed by atoms with Gasteiger partial charge >= 0.3 is 0 Å². The number of carbonyl (C=O) groups excluding carboxylic acids is 1. The first-order valence-electron chi connectivity index (χ1n) is 7.86. The van der Waals surface area contributed by atoms with Crippen LogP contribution in [0.3, 0.4) is 0 Å². The number of rotatable bonds is 8. The van der Waals surface area contributed by atoms with Gasteiger partial charge in [0, 0.05) is 26.2 Å². The van der Waals surface area contributed by atoms with Crippen LogP contribution >= 0.6 is 0 Å². The van der Waals surface area contributed by atoms with Crippen LogP contribution in [0.15, 0.2) is 0 Å². The largest absolute Gasteiger partial charge is 0.379 e. The maximum absolute atomic E-state index is 12.3. The lowest BCUT2D eigenvalue weighted by Gasteiger charge is -2.24. The van der Waals surface area contributed by atoms with Gasteiger partial charge in [-0.3, -0.25) is 4.79 Å². The van der Waals surface area contributed by atoms with Gasteiger partial charge in [-0.15, -0.1) is 0 Å². The van der Waals surface area contributed by atoms with E-state index in [2.05, 4.69) is 10.2 Å². The highest BCUT2D eigenvalue weighted by Crippen LogP contribution is 2.10. The average molecular weight is 285 g/mol. The van der Waals surface area contributed by atoms with Crippen molar-refractivity contribution in [1.82, 2.24) is 15.1 Å². The standard InChI is InChI=1S/C15H31N3O2/c1-14(16-8-12-20-13-11-17(2)3)15(19)18-9-6-4-5-7-10-18/h14,16H,4-13H2,1-3H3. The van der Waals surface area contributed by atoms with Crippen LogP contribution in [0.5, 0.6) is 0 Å². The summed E-state index contributed by atoms with van der Waals surface area (Å²) in [6.45, 7) is 6.85. The number of nitrogens with one attached hydrogen (secondary N) is 1. The molecule has 0 aromatic carbocycles. The van der Waals surface area contributed by atoms with E-state index in [1.165, 1.54) is 12.8 Å². The number of likely N-dealkylation sites (tertiary alicyclic amines) is 1. The van der Waals surface area contributed by atoms with Gasteiger partial charge in [0.2, 0.25) is 5.91 Å². The maximum Gasteiger partial charge on any atom is 0.239 e. The van der Waals surface area contributed by atoms with E-state index in [4.69, 9.17) is 4.74 Å². The Bertz CT molecular complexity index is 264. The zero-order chi connectivity index (χ0) is 14.8. The van der Waals surface area contributed by atoms with Crippen LogP contribution in [0.2, 0.25) is 0 Å². The van der Waals surface area contributed by atoms with Crippen molar-refractivity contribution in [3.8, 4) is 0 Å². The monoisotopic (exact) mass is 285 g/mol. The Hall–Kier alpha value is -0.650. The Kier molecular flexibility index (Phi) is 8.82. The summed E-state index contributed by atoms with van der Waals surface area (Å²) in [5.41, 5.74) is 0. The molecule has 1 heterocycles. The number of nitrogens with zero attached hydrogens (tertiary/aromatic N) is 2.